The lowest BCUT2D eigenvalue weighted by molar-refractivity contribution is 0.455. The van der Waals surface area contributed by atoms with Gasteiger partial charge in [-0.05, 0) is 35.9 Å². The molecule has 2 aromatic rings. The predicted molar refractivity (Wildman–Crippen MR) is 81.6 cm³/mol. The number of phenolic OH excluding ortho intramolecular Hbond substituents is 1. The highest BCUT2D eigenvalue weighted by Gasteiger charge is 2.23. The SMILES string of the molecule is Oc1ccc(Cl)cc1C1CC(c2ccc(Cl)cc2)=NN1. The smallest absolute Gasteiger partial charge is 0.121 e. The minimum atomic E-state index is -0.0700. The summed E-state index contributed by atoms with van der Waals surface area (Å²) in [7, 11) is 0. The first-order chi connectivity index (χ1) is 9.63. The zero-order valence-corrected chi connectivity index (χ0v) is 12.0. The van der Waals surface area contributed by atoms with Crippen LogP contribution in [-0.2, 0) is 0 Å². The van der Waals surface area contributed by atoms with Crippen LogP contribution in [0.4, 0.5) is 0 Å². The fourth-order valence-corrected chi connectivity index (χ4v) is 2.56. The topological polar surface area (TPSA) is 44.6 Å². The first-order valence-electron chi connectivity index (χ1n) is 6.20. The molecule has 20 heavy (non-hydrogen) atoms. The van der Waals surface area contributed by atoms with Crippen LogP contribution in [0.5, 0.6) is 5.75 Å². The van der Waals surface area contributed by atoms with Crippen LogP contribution < -0.4 is 5.43 Å². The molecule has 102 valence electrons. The number of nitrogens with one attached hydrogen (secondary N) is 1. The summed E-state index contributed by atoms with van der Waals surface area (Å²) < 4.78 is 0. The molecule has 1 aliphatic rings. The number of hydrogen-bond acceptors (Lipinski definition) is 3. The fourth-order valence-electron chi connectivity index (χ4n) is 2.25. The quantitative estimate of drug-likeness (QED) is 0.876. The molecule has 0 aliphatic carbocycles. The molecule has 0 fully saturated rings. The van der Waals surface area contributed by atoms with Gasteiger partial charge >= 0.3 is 0 Å². The molecule has 0 aromatic heterocycles. The van der Waals surface area contributed by atoms with Gasteiger partial charge in [-0.25, -0.2) is 0 Å². The van der Waals surface area contributed by atoms with Crippen molar-refractivity contribution in [2.24, 2.45) is 5.10 Å². The van der Waals surface area contributed by atoms with Gasteiger partial charge < -0.3 is 10.5 Å². The van der Waals surface area contributed by atoms with E-state index in [1.807, 2.05) is 24.3 Å². The Morgan fingerprint density at radius 1 is 1.05 bits per heavy atom. The van der Waals surface area contributed by atoms with Gasteiger partial charge in [0.15, 0.2) is 0 Å². The van der Waals surface area contributed by atoms with Crippen LogP contribution in [0.25, 0.3) is 0 Å². The maximum absolute atomic E-state index is 9.92. The van der Waals surface area contributed by atoms with Gasteiger partial charge in [0.1, 0.15) is 5.75 Å². The summed E-state index contributed by atoms with van der Waals surface area (Å²) in [5.74, 6) is 0.222. The van der Waals surface area contributed by atoms with E-state index in [0.29, 0.717) is 16.5 Å². The molecule has 1 atom stereocenters. The number of benzene rings is 2. The van der Waals surface area contributed by atoms with Crippen LogP contribution in [0, 0.1) is 0 Å². The van der Waals surface area contributed by atoms with Gasteiger partial charge in [-0.15, -0.1) is 0 Å². The molecule has 0 radical (unpaired) electrons. The van der Waals surface area contributed by atoms with Gasteiger partial charge in [-0.3, -0.25) is 0 Å². The largest absolute Gasteiger partial charge is 0.508 e. The molecule has 3 rings (SSSR count). The van der Waals surface area contributed by atoms with E-state index in [2.05, 4.69) is 10.5 Å². The van der Waals surface area contributed by atoms with E-state index in [1.54, 1.807) is 18.2 Å². The van der Waals surface area contributed by atoms with Crippen molar-refractivity contribution in [2.75, 3.05) is 0 Å². The van der Waals surface area contributed by atoms with Gasteiger partial charge in [0, 0.05) is 22.0 Å². The Labute approximate surface area is 126 Å². The zero-order valence-electron chi connectivity index (χ0n) is 10.5. The highest BCUT2D eigenvalue weighted by atomic mass is 35.5. The van der Waals surface area contributed by atoms with E-state index in [-0.39, 0.29) is 11.8 Å². The number of nitrogens with zero attached hydrogens (tertiary/aromatic N) is 1. The number of aromatic hydroxyl groups is 1. The lowest BCUT2D eigenvalue weighted by Gasteiger charge is -2.12. The average molecular weight is 307 g/mol. The molecule has 5 heteroatoms. The Hall–Kier alpha value is -1.71. The van der Waals surface area contributed by atoms with Crippen LogP contribution in [-0.4, -0.2) is 10.8 Å². The Balaban J connectivity index is 1.82. The molecular formula is C15H12Cl2N2O. The van der Waals surface area contributed by atoms with Crippen molar-refractivity contribution < 1.29 is 5.11 Å². The molecule has 0 spiro atoms. The van der Waals surface area contributed by atoms with Crippen LogP contribution in [0.15, 0.2) is 47.6 Å². The lowest BCUT2D eigenvalue weighted by Crippen LogP contribution is -2.10. The van der Waals surface area contributed by atoms with Gasteiger partial charge in [0.2, 0.25) is 0 Å². The molecule has 2 N–H and O–H groups in total. The third-order valence-corrected chi connectivity index (χ3v) is 3.78. The zero-order chi connectivity index (χ0) is 14.1. The number of halogens is 2. The van der Waals surface area contributed by atoms with E-state index in [1.165, 1.54) is 0 Å². The van der Waals surface area contributed by atoms with E-state index < -0.39 is 0 Å². The molecule has 0 amide bonds. The molecule has 1 unspecified atom stereocenters. The fraction of sp³-hybridized carbons (Fsp3) is 0.133. The second-order valence-corrected chi connectivity index (χ2v) is 5.53. The maximum atomic E-state index is 9.92. The molecule has 2 aromatic carbocycles. The summed E-state index contributed by atoms with van der Waals surface area (Å²) in [6.45, 7) is 0. The summed E-state index contributed by atoms with van der Waals surface area (Å²) >= 11 is 11.9. The second-order valence-electron chi connectivity index (χ2n) is 4.65. The minimum absolute atomic E-state index is 0.0700. The van der Waals surface area contributed by atoms with E-state index >= 15 is 0 Å². The molecule has 1 heterocycles. The Bertz CT molecular complexity index is 668. The van der Waals surface area contributed by atoms with Gasteiger partial charge in [-0.1, -0.05) is 35.3 Å². The van der Waals surface area contributed by atoms with Crippen molar-refractivity contribution in [2.45, 2.75) is 12.5 Å². The van der Waals surface area contributed by atoms with Crippen LogP contribution in [0.2, 0.25) is 10.0 Å². The molecule has 3 nitrogen and oxygen atoms in total. The number of hydrazone groups is 1. The number of hydrogen-bond donors (Lipinski definition) is 2. The van der Waals surface area contributed by atoms with Crippen molar-refractivity contribution in [1.29, 1.82) is 0 Å². The molecule has 0 saturated heterocycles. The van der Waals surface area contributed by atoms with Gasteiger partial charge in [0.05, 0.1) is 11.8 Å². The van der Waals surface area contributed by atoms with Crippen LogP contribution >= 0.6 is 23.2 Å². The van der Waals surface area contributed by atoms with E-state index in [0.717, 1.165) is 16.8 Å². The van der Waals surface area contributed by atoms with Crippen molar-refractivity contribution in [3.63, 3.8) is 0 Å². The number of rotatable bonds is 2. The van der Waals surface area contributed by atoms with Crippen LogP contribution in [0.3, 0.4) is 0 Å². The average Bonchev–Trinajstić information content (AvgIpc) is 2.92. The third kappa shape index (κ3) is 2.60. The standard InChI is InChI=1S/C15H12Cl2N2O/c16-10-3-1-9(2-4-10)13-8-14(19-18-13)12-7-11(17)5-6-15(12)20/h1-7,14,19-20H,8H2. The molecular weight excluding hydrogens is 295 g/mol. The highest BCUT2D eigenvalue weighted by molar-refractivity contribution is 6.31. The highest BCUT2D eigenvalue weighted by Crippen LogP contribution is 2.32. The van der Waals surface area contributed by atoms with Gasteiger partial charge in [0.25, 0.3) is 0 Å². The maximum Gasteiger partial charge on any atom is 0.121 e. The van der Waals surface area contributed by atoms with Crippen molar-refractivity contribution >= 4 is 28.9 Å². The molecule has 1 aliphatic heterocycles. The first kappa shape index (κ1) is 13.3. The lowest BCUT2D eigenvalue weighted by atomic mass is 9.98. The first-order valence-corrected chi connectivity index (χ1v) is 6.95. The Morgan fingerprint density at radius 2 is 1.75 bits per heavy atom. The van der Waals surface area contributed by atoms with E-state index in [4.69, 9.17) is 23.2 Å². The van der Waals surface area contributed by atoms with Crippen molar-refractivity contribution in [3.8, 4) is 5.75 Å². The summed E-state index contributed by atoms with van der Waals surface area (Å²) in [4.78, 5) is 0. The molecule has 0 bridgehead atoms. The van der Waals surface area contributed by atoms with Gasteiger partial charge in [-0.2, -0.15) is 5.10 Å². The number of phenols is 1. The van der Waals surface area contributed by atoms with E-state index in [9.17, 15) is 5.11 Å². The summed E-state index contributed by atoms with van der Waals surface area (Å²) in [6, 6.07) is 12.5. The summed E-state index contributed by atoms with van der Waals surface area (Å²) in [5, 5.41) is 15.6. The predicted octanol–water partition coefficient (Wildman–Crippen LogP) is 4.14. The summed E-state index contributed by atoms with van der Waals surface area (Å²) in [5.41, 5.74) is 5.75. The van der Waals surface area contributed by atoms with Crippen molar-refractivity contribution in [1.82, 2.24) is 5.43 Å². The molecule has 0 saturated carbocycles. The second kappa shape index (κ2) is 5.35. The Morgan fingerprint density at radius 3 is 2.50 bits per heavy atom. The minimum Gasteiger partial charge on any atom is -0.508 e. The van der Waals surface area contributed by atoms with Crippen LogP contribution in [0.1, 0.15) is 23.6 Å². The Kier molecular flexibility index (Phi) is 3.55. The summed E-state index contributed by atoms with van der Waals surface area (Å²) in [6.07, 6.45) is 0.690. The van der Waals surface area contributed by atoms with Crippen molar-refractivity contribution in [3.05, 3.63) is 63.6 Å². The normalized spacial score (nSPS) is 17.7. The monoisotopic (exact) mass is 306 g/mol. The third-order valence-electron chi connectivity index (χ3n) is 3.30.